The monoisotopic (exact) mass is 526 g/mol. The number of likely N-dealkylation sites (tertiary alicyclic amines) is 2. The van der Waals surface area contributed by atoms with E-state index in [0.29, 0.717) is 30.1 Å². The Kier molecular flexibility index (Phi) is 7.09. The Labute approximate surface area is 197 Å². The molecule has 0 aliphatic carbocycles. The van der Waals surface area contributed by atoms with Gasteiger partial charge in [0.05, 0.1) is 25.4 Å². The van der Waals surface area contributed by atoms with Crippen LogP contribution in [0.15, 0.2) is 29.3 Å². The lowest BCUT2D eigenvalue weighted by Gasteiger charge is -2.31. The van der Waals surface area contributed by atoms with Crippen molar-refractivity contribution in [2.75, 3.05) is 46.9 Å². The summed E-state index contributed by atoms with van der Waals surface area (Å²) in [4.78, 5) is 9.71. The van der Waals surface area contributed by atoms with Crippen molar-refractivity contribution in [3.05, 3.63) is 29.8 Å². The first kappa shape index (κ1) is 22.1. The number of nitrogens with one attached hydrogen (secondary N) is 1. The van der Waals surface area contributed by atoms with Crippen molar-refractivity contribution in [2.45, 2.75) is 43.9 Å². The van der Waals surface area contributed by atoms with Gasteiger partial charge in [-0.25, -0.2) is 0 Å². The quantitative estimate of drug-likeness (QED) is 0.363. The summed E-state index contributed by atoms with van der Waals surface area (Å²) < 4.78 is 11.6. The van der Waals surface area contributed by atoms with Crippen LogP contribution in [0.5, 0.6) is 5.75 Å². The summed E-state index contributed by atoms with van der Waals surface area (Å²) >= 11 is 0. The van der Waals surface area contributed by atoms with Gasteiger partial charge < -0.3 is 19.7 Å². The van der Waals surface area contributed by atoms with Crippen molar-refractivity contribution < 1.29 is 9.47 Å². The third-order valence-electron chi connectivity index (χ3n) is 7.48. The van der Waals surface area contributed by atoms with Crippen LogP contribution in [-0.4, -0.2) is 74.8 Å². The molecule has 7 heteroatoms. The van der Waals surface area contributed by atoms with Crippen molar-refractivity contribution in [1.82, 2.24) is 15.1 Å². The standard InChI is InChI=1S/C23H34N4O2.HI/c1-24-23(27-14-18-19(15-27)22-9-8-21(18)29-22)25-13-20(26-10-3-4-11-26)16-6-5-7-17(12-16)28-2;/h5-7,12,18-22H,3-4,8-11,13-15H2,1-2H3,(H,24,25);1H. The number of aliphatic imine (C=N–C) groups is 1. The maximum absolute atomic E-state index is 6.14. The highest BCUT2D eigenvalue weighted by atomic mass is 127. The molecule has 30 heavy (non-hydrogen) atoms. The number of fused-ring (bicyclic) bond motifs is 5. The molecule has 6 nitrogen and oxygen atoms in total. The second-order valence-electron chi connectivity index (χ2n) is 8.99. The molecule has 1 aromatic rings. The topological polar surface area (TPSA) is 49.3 Å². The van der Waals surface area contributed by atoms with Gasteiger partial charge in [-0.05, 0) is 56.5 Å². The van der Waals surface area contributed by atoms with Gasteiger partial charge in [0.25, 0.3) is 0 Å². The summed E-state index contributed by atoms with van der Waals surface area (Å²) in [5.74, 6) is 3.37. The predicted octanol–water partition coefficient (Wildman–Crippen LogP) is 3.13. The van der Waals surface area contributed by atoms with Gasteiger partial charge in [0.2, 0.25) is 0 Å². The van der Waals surface area contributed by atoms with E-state index in [9.17, 15) is 0 Å². The molecule has 0 saturated carbocycles. The van der Waals surface area contributed by atoms with E-state index < -0.39 is 0 Å². The molecule has 5 rings (SSSR count). The molecule has 5 atom stereocenters. The Bertz CT molecular complexity index is 736. The number of ether oxygens (including phenoxy) is 2. The molecule has 1 aromatic carbocycles. The molecule has 4 aliphatic heterocycles. The highest BCUT2D eigenvalue weighted by molar-refractivity contribution is 14.0. The van der Waals surface area contributed by atoms with Gasteiger partial charge in [0.1, 0.15) is 5.75 Å². The normalized spacial score (nSPS) is 31.5. The first-order valence-electron chi connectivity index (χ1n) is 11.3. The van der Waals surface area contributed by atoms with Crippen molar-refractivity contribution in [2.24, 2.45) is 16.8 Å². The van der Waals surface area contributed by atoms with Gasteiger partial charge in [-0.15, -0.1) is 24.0 Å². The second kappa shape index (κ2) is 9.61. The Morgan fingerprint density at radius 1 is 1.20 bits per heavy atom. The zero-order valence-electron chi connectivity index (χ0n) is 18.1. The Hall–Kier alpha value is -1.06. The van der Waals surface area contributed by atoms with Crippen LogP contribution in [0.2, 0.25) is 0 Å². The van der Waals surface area contributed by atoms with Crippen LogP contribution in [0.1, 0.15) is 37.3 Å². The largest absolute Gasteiger partial charge is 0.497 e. The van der Waals surface area contributed by atoms with Gasteiger partial charge >= 0.3 is 0 Å². The lowest BCUT2D eigenvalue weighted by atomic mass is 9.82. The number of benzene rings is 1. The van der Waals surface area contributed by atoms with Crippen molar-refractivity contribution in [1.29, 1.82) is 0 Å². The average molecular weight is 526 g/mol. The first-order chi connectivity index (χ1) is 14.3. The van der Waals surface area contributed by atoms with E-state index >= 15 is 0 Å². The number of halogens is 1. The maximum atomic E-state index is 6.14. The zero-order chi connectivity index (χ0) is 19.8. The van der Waals surface area contributed by atoms with E-state index in [0.717, 1.165) is 44.4 Å². The fourth-order valence-corrected chi connectivity index (χ4v) is 6.01. The lowest BCUT2D eigenvalue weighted by molar-refractivity contribution is 0.0766. The summed E-state index contributed by atoms with van der Waals surface area (Å²) in [6.45, 7) is 5.36. The highest BCUT2D eigenvalue weighted by Crippen LogP contribution is 2.47. The number of methoxy groups -OCH3 is 1. The first-order valence-corrected chi connectivity index (χ1v) is 11.3. The molecule has 0 amide bonds. The minimum Gasteiger partial charge on any atom is -0.497 e. The van der Waals surface area contributed by atoms with Crippen LogP contribution in [0, 0.1) is 11.8 Å². The molecule has 2 bridgehead atoms. The maximum Gasteiger partial charge on any atom is 0.193 e. The molecule has 0 aromatic heterocycles. The number of hydrogen-bond acceptors (Lipinski definition) is 4. The van der Waals surface area contributed by atoms with Crippen LogP contribution in [0.25, 0.3) is 0 Å². The Balaban J connectivity index is 0.00000218. The number of rotatable bonds is 5. The average Bonchev–Trinajstić information content (AvgIpc) is 3.53. The third-order valence-corrected chi connectivity index (χ3v) is 7.48. The molecule has 166 valence electrons. The molecule has 4 fully saturated rings. The van der Waals surface area contributed by atoms with Crippen LogP contribution in [-0.2, 0) is 4.74 Å². The SMILES string of the molecule is CN=C(NCC(c1cccc(OC)c1)N1CCCC1)N1CC2C3CCC(O3)C2C1.I. The molecule has 1 N–H and O–H groups in total. The summed E-state index contributed by atoms with van der Waals surface area (Å²) in [7, 11) is 3.66. The number of hydrogen-bond donors (Lipinski definition) is 1. The minimum atomic E-state index is 0. The van der Waals surface area contributed by atoms with Gasteiger partial charge in [0.15, 0.2) is 5.96 Å². The smallest absolute Gasteiger partial charge is 0.193 e. The Morgan fingerprint density at radius 3 is 2.53 bits per heavy atom. The van der Waals surface area contributed by atoms with Gasteiger partial charge in [-0.1, -0.05) is 12.1 Å². The predicted molar refractivity (Wildman–Crippen MR) is 130 cm³/mol. The number of nitrogens with zero attached hydrogens (tertiary/aromatic N) is 3. The summed E-state index contributed by atoms with van der Waals surface area (Å²) in [5.41, 5.74) is 1.32. The van der Waals surface area contributed by atoms with E-state index in [2.05, 4.69) is 38.3 Å². The molecule has 4 saturated heterocycles. The van der Waals surface area contributed by atoms with Crippen LogP contribution >= 0.6 is 24.0 Å². The van der Waals surface area contributed by atoms with E-state index in [1.165, 1.54) is 31.2 Å². The third kappa shape index (κ3) is 4.17. The van der Waals surface area contributed by atoms with E-state index in [1.807, 2.05) is 13.1 Å². The van der Waals surface area contributed by atoms with Gasteiger partial charge in [0, 0.05) is 38.5 Å². The summed E-state index contributed by atoms with van der Waals surface area (Å²) in [5, 5.41) is 3.72. The summed E-state index contributed by atoms with van der Waals surface area (Å²) in [6, 6.07) is 8.87. The van der Waals surface area contributed by atoms with Crippen molar-refractivity contribution >= 4 is 29.9 Å². The molecular formula is C23H35IN4O2. The molecule has 4 aliphatic rings. The minimum absolute atomic E-state index is 0. The van der Waals surface area contributed by atoms with E-state index in [1.54, 1.807) is 7.11 Å². The van der Waals surface area contributed by atoms with Gasteiger partial charge in [-0.3, -0.25) is 9.89 Å². The second-order valence-corrected chi connectivity index (χ2v) is 8.99. The highest BCUT2D eigenvalue weighted by Gasteiger charge is 2.53. The van der Waals surface area contributed by atoms with Crippen LogP contribution in [0.4, 0.5) is 0 Å². The van der Waals surface area contributed by atoms with E-state index in [4.69, 9.17) is 9.47 Å². The van der Waals surface area contributed by atoms with E-state index in [-0.39, 0.29) is 24.0 Å². The fourth-order valence-electron chi connectivity index (χ4n) is 6.01. The number of guanidine groups is 1. The molecule has 4 heterocycles. The van der Waals surface area contributed by atoms with Crippen LogP contribution in [0.3, 0.4) is 0 Å². The lowest BCUT2D eigenvalue weighted by Crippen LogP contribution is -2.45. The van der Waals surface area contributed by atoms with Gasteiger partial charge in [-0.2, -0.15) is 0 Å². The summed E-state index contributed by atoms with van der Waals surface area (Å²) in [6.07, 6.45) is 6.04. The van der Waals surface area contributed by atoms with Crippen molar-refractivity contribution in [3.8, 4) is 5.75 Å². The fraction of sp³-hybridized carbons (Fsp3) is 0.696. The molecular weight excluding hydrogens is 491 g/mol. The molecule has 0 radical (unpaired) electrons. The van der Waals surface area contributed by atoms with Crippen molar-refractivity contribution in [3.63, 3.8) is 0 Å². The molecule has 0 spiro atoms. The molecule has 5 unspecified atom stereocenters. The Morgan fingerprint density at radius 2 is 1.90 bits per heavy atom. The zero-order valence-corrected chi connectivity index (χ0v) is 20.5. The van der Waals surface area contributed by atoms with Crippen LogP contribution < -0.4 is 10.1 Å².